The third-order valence-electron chi connectivity index (χ3n) is 2.60. The number of hydrogen-bond acceptors (Lipinski definition) is 5. The lowest BCUT2D eigenvalue weighted by Gasteiger charge is -2.07. The summed E-state index contributed by atoms with van der Waals surface area (Å²) in [7, 11) is 2.12. The number of aromatic nitrogens is 1. The molecule has 18 heavy (non-hydrogen) atoms. The number of rotatable bonds is 3. The molecule has 1 aromatic carbocycles. The van der Waals surface area contributed by atoms with Gasteiger partial charge in [-0.15, -0.1) is 0 Å². The zero-order valence-electron chi connectivity index (χ0n) is 9.84. The molecule has 0 amide bonds. The standard InChI is InChI=1S/C11H11N2O4P/c1-6-11(7(2)16-12-6)9-5-8(13(14)15)3-4-10(9)17-18/h3-5H,18H2,1-2H3. The largest absolute Gasteiger partial charge is 0.480 e. The number of benzene rings is 1. The maximum atomic E-state index is 10.8. The van der Waals surface area contributed by atoms with Crippen molar-refractivity contribution in [3.8, 4) is 16.9 Å². The van der Waals surface area contributed by atoms with Gasteiger partial charge in [-0.05, 0) is 19.9 Å². The Hall–Kier alpha value is -1.94. The van der Waals surface area contributed by atoms with Crippen LogP contribution in [-0.2, 0) is 0 Å². The van der Waals surface area contributed by atoms with Crippen LogP contribution in [0.3, 0.4) is 0 Å². The van der Waals surface area contributed by atoms with Crippen molar-refractivity contribution < 1.29 is 14.0 Å². The summed E-state index contributed by atoms with van der Waals surface area (Å²) >= 11 is 0. The Balaban J connectivity index is 2.68. The van der Waals surface area contributed by atoms with Crippen molar-refractivity contribution in [3.63, 3.8) is 0 Å². The SMILES string of the molecule is Cc1noc(C)c1-c1cc([N+](=O)[O-])ccc1OP. The molecule has 1 aromatic heterocycles. The van der Waals surface area contributed by atoms with Gasteiger partial charge in [0.25, 0.3) is 5.69 Å². The molecule has 2 aromatic rings. The fourth-order valence-corrected chi connectivity index (χ4v) is 2.00. The van der Waals surface area contributed by atoms with E-state index in [-0.39, 0.29) is 5.69 Å². The Morgan fingerprint density at radius 2 is 2.17 bits per heavy atom. The van der Waals surface area contributed by atoms with Gasteiger partial charge in [-0.1, -0.05) is 5.16 Å². The average molecular weight is 266 g/mol. The molecule has 0 radical (unpaired) electrons. The first-order valence-corrected chi connectivity index (χ1v) is 5.60. The molecule has 1 heterocycles. The first kappa shape index (κ1) is 12.5. The van der Waals surface area contributed by atoms with E-state index in [1.165, 1.54) is 12.1 Å². The highest BCUT2D eigenvalue weighted by Crippen LogP contribution is 2.37. The highest BCUT2D eigenvalue weighted by Gasteiger charge is 2.19. The summed E-state index contributed by atoms with van der Waals surface area (Å²) in [5, 5.41) is 14.6. The third kappa shape index (κ3) is 2.07. The van der Waals surface area contributed by atoms with Gasteiger partial charge < -0.3 is 9.05 Å². The van der Waals surface area contributed by atoms with Crippen molar-refractivity contribution in [2.24, 2.45) is 0 Å². The fraction of sp³-hybridized carbons (Fsp3) is 0.182. The topological polar surface area (TPSA) is 78.4 Å². The molecule has 0 saturated carbocycles. The van der Waals surface area contributed by atoms with Crippen LogP contribution in [0.2, 0.25) is 0 Å². The van der Waals surface area contributed by atoms with Gasteiger partial charge in [-0.2, -0.15) is 0 Å². The van der Waals surface area contributed by atoms with E-state index in [4.69, 9.17) is 9.05 Å². The molecular weight excluding hydrogens is 255 g/mol. The molecule has 2 rings (SSSR count). The second-order valence-electron chi connectivity index (χ2n) is 3.75. The average Bonchev–Trinajstić information content (AvgIpc) is 2.68. The van der Waals surface area contributed by atoms with Gasteiger partial charge in [0, 0.05) is 17.7 Å². The van der Waals surface area contributed by atoms with Gasteiger partial charge in [-0.3, -0.25) is 10.1 Å². The second kappa shape index (κ2) is 4.74. The molecule has 7 heteroatoms. The smallest absolute Gasteiger partial charge is 0.270 e. The third-order valence-corrected chi connectivity index (χ3v) is 2.86. The molecule has 1 unspecified atom stereocenters. The lowest BCUT2D eigenvalue weighted by atomic mass is 10.0. The van der Waals surface area contributed by atoms with Crippen LogP contribution in [0, 0.1) is 24.0 Å². The Bertz CT molecular complexity index is 590. The molecule has 0 bridgehead atoms. The zero-order valence-corrected chi connectivity index (χ0v) is 11.0. The molecule has 94 valence electrons. The number of hydrogen-bond donors (Lipinski definition) is 0. The lowest BCUT2D eigenvalue weighted by molar-refractivity contribution is -0.384. The van der Waals surface area contributed by atoms with Crippen LogP contribution in [0.1, 0.15) is 11.5 Å². The van der Waals surface area contributed by atoms with Gasteiger partial charge in [0.2, 0.25) is 0 Å². The molecule has 0 aliphatic heterocycles. The Morgan fingerprint density at radius 3 is 2.67 bits per heavy atom. The summed E-state index contributed by atoms with van der Waals surface area (Å²) in [5.74, 6) is 1.11. The minimum Gasteiger partial charge on any atom is -0.480 e. The first-order chi connectivity index (χ1) is 8.54. The maximum absolute atomic E-state index is 10.8. The van der Waals surface area contributed by atoms with Crippen LogP contribution < -0.4 is 4.52 Å². The van der Waals surface area contributed by atoms with Gasteiger partial charge in [0.05, 0.1) is 25.6 Å². The van der Waals surface area contributed by atoms with Gasteiger partial charge in [-0.25, -0.2) is 0 Å². The highest BCUT2D eigenvalue weighted by molar-refractivity contribution is 7.10. The van der Waals surface area contributed by atoms with Crippen molar-refractivity contribution in [1.29, 1.82) is 0 Å². The van der Waals surface area contributed by atoms with E-state index in [1.54, 1.807) is 19.9 Å². The summed E-state index contributed by atoms with van der Waals surface area (Å²) in [5.41, 5.74) is 1.97. The van der Waals surface area contributed by atoms with E-state index in [0.29, 0.717) is 22.8 Å². The van der Waals surface area contributed by atoms with Crippen LogP contribution in [0.5, 0.6) is 5.75 Å². The monoisotopic (exact) mass is 266 g/mol. The van der Waals surface area contributed by atoms with Crippen LogP contribution >= 0.6 is 9.47 Å². The summed E-state index contributed by atoms with van der Waals surface area (Å²) in [6.45, 7) is 3.53. The zero-order chi connectivity index (χ0) is 13.3. The molecule has 0 fully saturated rings. The molecule has 0 aliphatic rings. The molecular formula is C11H11N2O4P. The summed E-state index contributed by atoms with van der Waals surface area (Å²) in [6.07, 6.45) is 0. The Kier molecular flexibility index (Phi) is 3.30. The van der Waals surface area contributed by atoms with Crippen molar-refractivity contribution in [2.45, 2.75) is 13.8 Å². The normalized spacial score (nSPS) is 10.4. The number of aryl methyl sites for hydroxylation is 2. The van der Waals surface area contributed by atoms with Crippen molar-refractivity contribution in [3.05, 3.63) is 39.8 Å². The summed E-state index contributed by atoms with van der Waals surface area (Å²) in [4.78, 5) is 10.4. The minimum atomic E-state index is -0.450. The van der Waals surface area contributed by atoms with Crippen molar-refractivity contribution >= 4 is 15.2 Å². The van der Waals surface area contributed by atoms with Crippen LogP contribution in [0.4, 0.5) is 5.69 Å². The lowest BCUT2D eigenvalue weighted by Crippen LogP contribution is -1.91. The molecule has 6 nitrogen and oxygen atoms in total. The number of nitro groups is 1. The van der Waals surface area contributed by atoms with E-state index in [0.717, 1.165) is 5.56 Å². The first-order valence-electron chi connectivity index (χ1n) is 5.13. The van der Waals surface area contributed by atoms with E-state index >= 15 is 0 Å². The summed E-state index contributed by atoms with van der Waals surface area (Å²) < 4.78 is 10.2. The van der Waals surface area contributed by atoms with E-state index in [1.807, 2.05) is 0 Å². The quantitative estimate of drug-likeness (QED) is 0.484. The molecule has 0 N–H and O–H groups in total. The van der Waals surface area contributed by atoms with Crippen molar-refractivity contribution in [2.75, 3.05) is 0 Å². The van der Waals surface area contributed by atoms with E-state index < -0.39 is 4.92 Å². The van der Waals surface area contributed by atoms with Gasteiger partial charge in [0.1, 0.15) is 11.5 Å². The van der Waals surface area contributed by atoms with Crippen molar-refractivity contribution in [1.82, 2.24) is 5.16 Å². The van der Waals surface area contributed by atoms with Crippen LogP contribution in [-0.4, -0.2) is 10.1 Å². The summed E-state index contributed by atoms with van der Waals surface area (Å²) in [6, 6.07) is 4.39. The molecule has 1 atom stereocenters. The predicted molar refractivity (Wildman–Crippen MR) is 68.4 cm³/mol. The number of nitro benzene ring substituents is 1. The number of non-ortho nitro benzene ring substituents is 1. The molecule has 0 saturated heterocycles. The van der Waals surface area contributed by atoms with Crippen LogP contribution in [0.15, 0.2) is 22.7 Å². The second-order valence-corrected chi connectivity index (χ2v) is 3.99. The van der Waals surface area contributed by atoms with Gasteiger partial charge >= 0.3 is 0 Å². The maximum Gasteiger partial charge on any atom is 0.270 e. The molecule has 0 aliphatic carbocycles. The predicted octanol–water partition coefficient (Wildman–Crippen LogP) is 3.04. The fourth-order valence-electron chi connectivity index (χ4n) is 1.80. The highest BCUT2D eigenvalue weighted by atomic mass is 31.0. The van der Waals surface area contributed by atoms with E-state index in [2.05, 4.69) is 14.6 Å². The Morgan fingerprint density at radius 1 is 1.44 bits per heavy atom. The Labute approximate surface area is 105 Å². The van der Waals surface area contributed by atoms with E-state index in [9.17, 15) is 10.1 Å². The van der Waals surface area contributed by atoms with Crippen LogP contribution in [0.25, 0.3) is 11.1 Å². The number of nitrogens with zero attached hydrogens (tertiary/aromatic N) is 2. The molecule has 0 spiro atoms. The van der Waals surface area contributed by atoms with Gasteiger partial charge in [0.15, 0.2) is 0 Å². The minimum absolute atomic E-state index is 0.00389.